The highest BCUT2D eigenvalue weighted by Crippen LogP contribution is 2.49. The summed E-state index contributed by atoms with van der Waals surface area (Å²) in [6.07, 6.45) is 4.56. The van der Waals surface area contributed by atoms with Crippen LogP contribution in [0.25, 0.3) is 11.4 Å². The second kappa shape index (κ2) is 4.39. The second-order valence-corrected chi connectivity index (χ2v) is 5.22. The molecule has 2 N–H and O–H groups in total. The van der Waals surface area contributed by atoms with Gasteiger partial charge in [0.2, 0.25) is 0 Å². The Morgan fingerprint density at radius 2 is 2.05 bits per heavy atom. The molecule has 1 aromatic carbocycles. The van der Waals surface area contributed by atoms with E-state index in [1.807, 2.05) is 28.9 Å². The Hall–Kier alpha value is -2.35. The average molecular weight is 253 g/mol. The summed E-state index contributed by atoms with van der Waals surface area (Å²) in [5.74, 6) is 0.702. The molecule has 0 radical (unpaired) electrons. The van der Waals surface area contributed by atoms with Gasteiger partial charge in [0.1, 0.15) is 6.33 Å². The van der Waals surface area contributed by atoms with Crippen LogP contribution in [0.4, 0.5) is 5.69 Å². The van der Waals surface area contributed by atoms with E-state index in [2.05, 4.69) is 16.2 Å². The zero-order valence-corrected chi connectivity index (χ0v) is 10.6. The molecule has 19 heavy (non-hydrogen) atoms. The van der Waals surface area contributed by atoms with E-state index in [0.29, 0.717) is 12.2 Å². The fourth-order valence-corrected chi connectivity index (χ4v) is 2.21. The van der Waals surface area contributed by atoms with E-state index in [0.717, 1.165) is 30.6 Å². The molecular weight excluding hydrogens is 238 g/mol. The Morgan fingerprint density at radius 3 is 2.68 bits per heavy atom. The number of nitrogens with zero attached hydrogens (tertiary/aromatic N) is 4. The predicted octanol–water partition coefficient (Wildman–Crippen LogP) is 2.22. The third-order valence-corrected chi connectivity index (χ3v) is 3.61. The van der Waals surface area contributed by atoms with E-state index >= 15 is 0 Å². The number of nitrogens with two attached hydrogens (primary N) is 1. The van der Waals surface area contributed by atoms with Crippen molar-refractivity contribution in [2.24, 2.45) is 5.41 Å². The van der Waals surface area contributed by atoms with E-state index < -0.39 is 0 Å². The van der Waals surface area contributed by atoms with Gasteiger partial charge in [-0.05, 0) is 37.1 Å². The Morgan fingerprint density at radius 1 is 1.32 bits per heavy atom. The molecule has 1 fully saturated rings. The lowest BCUT2D eigenvalue weighted by Crippen LogP contribution is -2.11. The monoisotopic (exact) mass is 253 g/mol. The van der Waals surface area contributed by atoms with Gasteiger partial charge in [0.15, 0.2) is 5.82 Å². The van der Waals surface area contributed by atoms with Gasteiger partial charge in [-0.15, -0.1) is 0 Å². The molecular formula is C14H15N5. The van der Waals surface area contributed by atoms with Crippen LogP contribution >= 0.6 is 0 Å². The number of nitrogen functional groups attached to an aromatic ring is 1. The van der Waals surface area contributed by atoms with Gasteiger partial charge < -0.3 is 5.73 Å². The number of nitriles is 1. The number of aromatic nitrogens is 3. The van der Waals surface area contributed by atoms with Crippen LogP contribution in [-0.2, 0) is 6.54 Å². The van der Waals surface area contributed by atoms with E-state index in [1.54, 1.807) is 6.33 Å². The first-order valence-corrected chi connectivity index (χ1v) is 6.33. The summed E-state index contributed by atoms with van der Waals surface area (Å²) in [4.78, 5) is 4.32. The van der Waals surface area contributed by atoms with Gasteiger partial charge in [0, 0.05) is 29.6 Å². The molecule has 5 heteroatoms. The second-order valence-electron chi connectivity index (χ2n) is 5.22. The lowest BCUT2D eigenvalue weighted by Gasteiger charge is -2.09. The van der Waals surface area contributed by atoms with Crippen molar-refractivity contribution in [3.63, 3.8) is 0 Å². The molecule has 0 saturated heterocycles. The van der Waals surface area contributed by atoms with Crippen molar-refractivity contribution in [3.05, 3.63) is 30.6 Å². The molecule has 3 rings (SSSR count). The molecule has 1 saturated carbocycles. The third kappa shape index (κ3) is 2.43. The van der Waals surface area contributed by atoms with Crippen molar-refractivity contribution >= 4 is 5.69 Å². The molecule has 1 aliphatic rings. The molecule has 1 aliphatic carbocycles. The summed E-state index contributed by atoms with van der Waals surface area (Å²) in [6.45, 7) is 0.780. The van der Waals surface area contributed by atoms with Crippen molar-refractivity contribution in [2.75, 3.05) is 5.73 Å². The van der Waals surface area contributed by atoms with Gasteiger partial charge in [-0.2, -0.15) is 10.4 Å². The molecule has 0 spiro atoms. The van der Waals surface area contributed by atoms with Crippen molar-refractivity contribution in [2.45, 2.75) is 25.8 Å². The van der Waals surface area contributed by atoms with E-state index in [1.165, 1.54) is 0 Å². The zero-order valence-electron chi connectivity index (χ0n) is 10.6. The van der Waals surface area contributed by atoms with Gasteiger partial charge in [-0.25, -0.2) is 4.98 Å². The predicted molar refractivity (Wildman–Crippen MR) is 71.8 cm³/mol. The number of hydrogen-bond donors (Lipinski definition) is 1. The number of benzene rings is 1. The first-order chi connectivity index (χ1) is 9.21. The number of hydrogen-bond acceptors (Lipinski definition) is 4. The highest BCUT2D eigenvalue weighted by Gasteiger charge is 2.43. The normalized spacial score (nSPS) is 15.9. The maximum Gasteiger partial charge on any atom is 0.181 e. The maximum absolute atomic E-state index is 8.82. The molecule has 0 aliphatic heterocycles. The first kappa shape index (κ1) is 11.7. The SMILES string of the molecule is N#CCC1(Cn2cnc(-c3ccc(N)cc3)n2)CC1. The fraction of sp³-hybridized carbons (Fsp3) is 0.357. The number of rotatable bonds is 4. The van der Waals surface area contributed by atoms with Crippen LogP contribution in [0.15, 0.2) is 30.6 Å². The van der Waals surface area contributed by atoms with Crippen LogP contribution in [0.1, 0.15) is 19.3 Å². The minimum Gasteiger partial charge on any atom is -0.399 e. The molecule has 0 atom stereocenters. The summed E-state index contributed by atoms with van der Waals surface area (Å²) in [5.41, 5.74) is 7.49. The summed E-state index contributed by atoms with van der Waals surface area (Å²) in [5, 5.41) is 13.3. The van der Waals surface area contributed by atoms with Crippen LogP contribution in [0.5, 0.6) is 0 Å². The van der Waals surface area contributed by atoms with Crippen molar-refractivity contribution in [1.29, 1.82) is 5.26 Å². The molecule has 0 bridgehead atoms. The van der Waals surface area contributed by atoms with Gasteiger partial charge in [-0.3, -0.25) is 4.68 Å². The van der Waals surface area contributed by atoms with Crippen LogP contribution in [0.2, 0.25) is 0 Å². The summed E-state index contributed by atoms with van der Waals surface area (Å²) in [6, 6.07) is 9.77. The fourth-order valence-electron chi connectivity index (χ4n) is 2.21. The Balaban J connectivity index is 1.77. The summed E-state index contributed by atoms with van der Waals surface area (Å²) >= 11 is 0. The van der Waals surface area contributed by atoms with E-state index in [4.69, 9.17) is 11.0 Å². The standard InChI is InChI=1S/C14H15N5/c15-8-7-14(5-6-14)9-19-10-17-13(18-19)11-1-3-12(16)4-2-11/h1-4,10H,5-7,9,16H2. The first-order valence-electron chi connectivity index (χ1n) is 6.33. The Labute approximate surface area is 111 Å². The van der Waals surface area contributed by atoms with Crippen molar-refractivity contribution in [3.8, 4) is 17.5 Å². The van der Waals surface area contributed by atoms with Crippen LogP contribution in [0, 0.1) is 16.7 Å². The molecule has 96 valence electrons. The molecule has 1 aromatic heterocycles. The lowest BCUT2D eigenvalue weighted by molar-refractivity contribution is 0.404. The lowest BCUT2D eigenvalue weighted by atomic mass is 10.0. The largest absolute Gasteiger partial charge is 0.399 e. The summed E-state index contributed by atoms with van der Waals surface area (Å²) < 4.78 is 1.84. The van der Waals surface area contributed by atoms with Crippen molar-refractivity contribution in [1.82, 2.24) is 14.8 Å². The van der Waals surface area contributed by atoms with E-state index in [-0.39, 0.29) is 5.41 Å². The Bertz CT molecular complexity index is 616. The van der Waals surface area contributed by atoms with Crippen LogP contribution < -0.4 is 5.73 Å². The molecule has 2 aromatic rings. The van der Waals surface area contributed by atoms with Crippen molar-refractivity contribution < 1.29 is 0 Å². The smallest absolute Gasteiger partial charge is 0.181 e. The topological polar surface area (TPSA) is 80.5 Å². The zero-order chi connectivity index (χ0) is 13.3. The minimum absolute atomic E-state index is 0.140. The minimum atomic E-state index is 0.140. The Kier molecular flexibility index (Phi) is 2.71. The highest BCUT2D eigenvalue weighted by atomic mass is 15.3. The molecule has 0 unspecified atom stereocenters. The molecule has 1 heterocycles. The average Bonchev–Trinajstić information content (AvgIpc) is 2.99. The molecule has 0 amide bonds. The number of anilines is 1. The third-order valence-electron chi connectivity index (χ3n) is 3.61. The van der Waals surface area contributed by atoms with Gasteiger partial charge >= 0.3 is 0 Å². The van der Waals surface area contributed by atoms with Gasteiger partial charge in [0.05, 0.1) is 6.07 Å². The van der Waals surface area contributed by atoms with Crippen LogP contribution in [-0.4, -0.2) is 14.8 Å². The highest BCUT2D eigenvalue weighted by molar-refractivity contribution is 5.57. The quantitative estimate of drug-likeness (QED) is 0.847. The van der Waals surface area contributed by atoms with E-state index in [9.17, 15) is 0 Å². The van der Waals surface area contributed by atoms with Crippen LogP contribution in [0.3, 0.4) is 0 Å². The van der Waals surface area contributed by atoms with Gasteiger partial charge in [-0.1, -0.05) is 0 Å². The molecule has 5 nitrogen and oxygen atoms in total. The summed E-state index contributed by atoms with van der Waals surface area (Å²) in [7, 11) is 0. The maximum atomic E-state index is 8.82. The van der Waals surface area contributed by atoms with Gasteiger partial charge in [0.25, 0.3) is 0 Å².